The maximum absolute atomic E-state index is 11.8. The van der Waals surface area contributed by atoms with Gasteiger partial charge in [-0.15, -0.1) is 0 Å². The molecule has 0 saturated carbocycles. The molecule has 100 valence electrons. The zero-order valence-corrected chi connectivity index (χ0v) is 10.2. The molecular weight excluding hydrogens is 238 g/mol. The highest BCUT2D eigenvalue weighted by Gasteiger charge is 2.25. The smallest absolute Gasteiger partial charge is 0.326 e. The first-order valence-electron chi connectivity index (χ1n) is 5.62. The number of aliphatic carboxylic acids is 1. The van der Waals surface area contributed by atoms with E-state index in [1.807, 2.05) is 13.0 Å². The molecule has 1 aliphatic heterocycles. The van der Waals surface area contributed by atoms with E-state index in [2.05, 4.69) is 5.32 Å². The van der Waals surface area contributed by atoms with Gasteiger partial charge in [-0.2, -0.15) is 0 Å². The first-order chi connectivity index (χ1) is 8.40. The lowest BCUT2D eigenvalue weighted by molar-refractivity contribution is -0.140. The number of amides is 3. The van der Waals surface area contributed by atoms with Crippen LogP contribution in [0.5, 0.6) is 0 Å². The molecule has 0 aromatic heterocycles. The topological polar surface area (TPSA) is 113 Å². The van der Waals surface area contributed by atoms with Crippen molar-refractivity contribution in [3.05, 3.63) is 11.6 Å². The van der Waals surface area contributed by atoms with Crippen molar-refractivity contribution < 1.29 is 19.5 Å². The van der Waals surface area contributed by atoms with Crippen molar-refractivity contribution in [1.29, 1.82) is 0 Å². The van der Waals surface area contributed by atoms with Gasteiger partial charge >= 0.3 is 12.0 Å². The van der Waals surface area contributed by atoms with Crippen LogP contribution in [0, 0.1) is 0 Å². The Hall–Kier alpha value is -2.05. The van der Waals surface area contributed by atoms with Crippen LogP contribution >= 0.6 is 0 Å². The molecule has 1 atom stereocenters. The maximum Gasteiger partial charge on any atom is 0.326 e. The number of nitrogens with two attached hydrogens (primary N) is 1. The van der Waals surface area contributed by atoms with Crippen LogP contribution in [0.3, 0.4) is 0 Å². The molecule has 0 saturated heterocycles. The molecule has 0 aromatic carbocycles. The summed E-state index contributed by atoms with van der Waals surface area (Å²) in [5.74, 6) is -2.04. The summed E-state index contributed by atoms with van der Waals surface area (Å²) in [7, 11) is 0. The molecule has 1 rings (SSSR count). The number of primary amides is 1. The maximum atomic E-state index is 11.8. The number of carbonyl (C=O) groups excluding carboxylic acids is 2. The van der Waals surface area contributed by atoms with Crippen molar-refractivity contribution in [2.24, 2.45) is 5.73 Å². The Morgan fingerprint density at radius 2 is 2.22 bits per heavy atom. The van der Waals surface area contributed by atoms with Gasteiger partial charge in [-0.05, 0) is 13.3 Å². The molecule has 7 nitrogen and oxygen atoms in total. The second-order valence-corrected chi connectivity index (χ2v) is 4.27. The van der Waals surface area contributed by atoms with E-state index in [-0.39, 0.29) is 0 Å². The van der Waals surface area contributed by atoms with E-state index in [1.165, 1.54) is 4.90 Å². The summed E-state index contributed by atoms with van der Waals surface area (Å²) in [5, 5.41) is 11.2. The molecule has 18 heavy (non-hydrogen) atoms. The standard InChI is InChI=1S/C11H17N3O4/c1-7-3-2-4-14(6-7)11(18)13-8(10(16)17)5-9(12)15/h3,8H,2,4-6H2,1H3,(H2,12,15)(H,13,18)(H,16,17)/t8-/m0/s1. The predicted octanol–water partition coefficient (Wildman–Crippen LogP) is -0.323. The third-order valence-corrected chi connectivity index (χ3v) is 2.62. The van der Waals surface area contributed by atoms with Gasteiger partial charge in [0.15, 0.2) is 0 Å². The third kappa shape index (κ3) is 4.08. The van der Waals surface area contributed by atoms with Crippen LogP contribution < -0.4 is 11.1 Å². The monoisotopic (exact) mass is 255 g/mol. The summed E-state index contributed by atoms with van der Waals surface area (Å²) in [6.07, 6.45) is 2.36. The number of urea groups is 1. The zero-order chi connectivity index (χ0) is 13.7. The second-order valence-electron chi connectivity index (χ2n) is 4.27. The summed E-state index contributed by atoms with van der Waals surface area (Å²) >= 11 is 0. The van der Waals surface area contributed by atoms with E-state index in [0.29, 0.717) is 13.1 Å². The van der Waals surface area contributed by atoms with E-state index in [1.54, 1.807) is 0 Å². The van der Waals surface area contributed by atoms with E-state index in [0.717, 1.165) is 12.0 Å². The first-order valence-corrected chi connectivity index (χ1v) is 5.62. The van der Waals surface area contributed by atoms with Crippen molar-refractivity contribution in [3.8, 4) is 0 Å². The van der Waals surface area contributed by atoms with Crippen LogP contribution in [-0.4, -0.2) is 47.0 Å². The van der Waals surface area contributed by atoms with Gasteiger partial charge in [0.05, 0.1) is 6.42 Å². The largest absolute Gasteiger partial charge is 0.480 e. The van der Waals surface area contributed by atoms with Gasteiger partial charge in [0.25, 0.3) is 0 Å². The fraction of sp³-hybridized carbons (Fsp3) is 0.545. The number of hydrogen-bond donors (Lipinski definition) is 3. The number of hydrogen-bond acceptors (Lipinski definition) is 3. The van der Waals surface area contributed by atoms with Crippen LogP contribution in [0.4, 0.5) is 4.79 Å². The Bertz CT molecular complexity index is 392. The Morgan fingerprint density at radius 1 is 1.56 bits per heavy atom. The Labute approximate surface area is 105 Å². The Morgan fingerprint density at radius 3 is 2.72 bits per heavy atom. The molecule has 1 heterocycles. The lowest BCUT2D eigenvalue weighted by atomic mass is 10.1. The fourth-order valence-electron chi connectivity index (χ4n) is 1.73. The predicted molar refractivity (Wildman–Crippen MR) is 63.7 cm³/mol. The van der Waals surface area contributed by atoms with Gasteiger partial charge in [0, 0.05) is 13.1 Å². The Kier molecular flexibility index (Phi) is 4.70. The summed E-state index contributed by atoms with van der Waals surface area (Å²) in [6.45, 7) is 2.90. The third-order valence-electron chi connectivity index (χ3n) is 2.62. The molecule has 4 N–H and O–H groups in total. The van der Waals surface area contributed by atoms with Crippen molar-refractivity contribution in [3.63, 3.8) is 0 Å². The molecule has 0 spiro atoms. The molecule has 3 amide bonds. The van der Waals surface area contributed by atoms with E-state index < -0.39 is 30.4 Å². The van der Waals surface area contributed by atoms with E-state index in [9.17, 15) is 14.4 Å². The number of carbonyl (C=O) groups is 3. The highest BCUT2D eigenvalue weighted by Crippen LogP contribution is 2.09. The van der Waals surface area contributed by atoms with Crippen LogP contribution in [0.2, 0.25) is 0 Å². The van der Waals surface area contributed by atoms with Crippen molar-refractivity contribution in [2.45, 2.75) is 25.8 Å². The second kappa shape index (κ2) is 6.04. The number of carboxylic acid groups (broad SMARTS) is 1. The molecule has 0 aliphatic carbocycles. The number of carboxylic acids is 1. The SMILES string of the molecule is CC1=CCCN(C(=O)N[C@@H](CC(N)=O)C(=O)O)C1. The molecule has 0 aromatic rings. The molecule has 0 bridgehead atoms. The summed E-state index contributed by atoms with van der Waals surface area (Å²) in [6, 6.07) is -1.77. The van der Waals surface area contributed by atoms with Gasteiger partial charge in [-0.3, -0.25) is 4.79 Å². The van der Waals surface area contributed by atoms with Crippen molar-refractivity contribution >= 4 is 17.9 Å². The molecule has 1 aliphatic rings. The normalized spacial score (nSPS) is 16.7. The van der Waals surface area contributed by atoms with Crippen LogP contribution in [0.25, 0.3) is 0 Å². The quantitative estimate of drug-likeness (QED) is 0.597. The van der Waals surface area contributed by atoms with Crippen LogP contribution in [0.15, 0.2) is 11.6 Å². The van der Waals surface area contributed by atoms with Gasteiger partial charge in [0.1, 0.15) is 6.04 Å². The lowest BCUT2D eigenvalue weighted by Gasteiger charge is -2.27. The summed E-state index contributed by atoms with van der Waals surface area (Å²) in [5.41, 5.74) is 5.98. The van der Waals surface area contributed by atoms with E-state index >= 15 is 0 Å². The molecule has 7 heteroatoms. The minimum absolute atomic E-state index is 0.413. The minimum Gasteiger partial charge on any atom is -0.480 e. The van der Waals surface area contributed by atoms with Crippen LogP contribution in [-0.2, 0) is 9.59 Å². The lowest BCUT2D eigenvalue weighted by Crippen LogP contribution is -2.50. The summed E-state index contributed by atoms with van der Waals surface area (Å²) < 4.78 is 0. The first kappa shape index (κ1) is 14.0. The molecular formula is C11H17N3O4. The average Bonchev–Trinajstić information content (AvgIpc) is 2.27. The fourth-order valence-corrected chi connectivity index (χ4v) is 1.73. The van der Waals surface area contributed by atoms with Gasteiger partial charge in [-0.25, -0.2) is 9.59 Å². The van der Waals surface area contributed by atoms with Crippen LogP contribution in [0.1, 0.15) is 19.8 Å². The highest BCUT2D eigenvalue weighted by atomic mass is 16.4. The number of rotatable bonds is 4. The average molecular weight is 255 g/mol. The highest BCUT2D eigenvalue weighted by molar-refractivity contribution is 5.87. The zero-order valence-electron chi connectivity index (χ0n) is 10.2. The number of nitrogens with zero attached hydrogens (tertiary/aromatic N) is 1. The van der Waals surface area contributed by atoms with Gasteiger partial charge in [-0.1, -0.05) is 11.6 Å². The molecule has 0 unspecified atom stereocenters. The van der Waals surface area contributed by atoms with Gasteiger partial charge < -0.3 is 21.1 Å². The van der Waals surface area contributed by atoms with Gasteiger partial charge in [0.2, 0.25) is 5.91 Å². The van der Waals surface area contributed by atoms with Crippen molar-refractivity contribution in [1.82, 2.24) is 10.2 Å². The number of nitrogens with one attached hydrogen (secondary N) is 1. The van der Waals surface area contributed by atoms with Crippen molar-refractivity contribution in [2.75, 3.05) is 13.1 Å². The van der Waals surface area contributed by atoms with E-state index in [4.69, 9.17) is 10.8 Å². The minimum atomic E-state index is -1.28. The molecule has 0 radical (unpaired) electrons. The molecule has 0 fully saturated rings. The Balaban J connectivity index is 2.58. The summed E-state index contributed by atoms with van der Waals surface area (Å²) in [4.78, 5) is 34.9.